The molecule has 0 aromatic heterocycles. The molecule has 0 radical (unpaired) electrons. The highest BCUT2D eigenvalue weighted by Crippen LogP contribution is 2.19. The van der Waals surface area contributed by atoms with Crippen molar-refractivity contribution in [2.75, 3.05) is 20.2 Å². The van der Waals surface area contributed by atoms with E-state index in [1.54, 1.807) is 12.5 Å². The molecule has 0 aromatic carbocycles. The molecule has 0 aromatic rings. The Balaban J connectivity index is 2.09. The minimum Gasteiger partial charge on any atom is -0.466 e. The summed E-state index contributed by atoms with van der Waals surface area (Å²) in [5.41, 5.74) is 2.23. The predicted molar refractivity (Wildman–Crippen MR) is 65.2 cm³/mol. The number of esters is 1. The smallest absolute Gasteiger partial charge is 0.333 e. The van der Waals surface area contributed by atoms with Gasteiger partial charge in [0, 0.05) is 12.1 Å². The summed E-state index contributed by atoms with van der Waals surface area (Å²) in [5.74, 6) is -0.250. The Labute approximate surface area is 97.6 Å². The van der Waals surface area contributed by atoms with Crippen LogP contribution in [0, 0.1) is 0 Å². The van der Waals surface area contributed by atoms with E-state index in [2.05, 4.69) is 16.1 Å². The maximum Gasteiger partial charge on any atom is 0.333 e. The quantitative estimate of drug-likeness (QED) is 0.325. The molecule has 0 saturated carbocycles. The lowest BCUT2D eigenvalue weighted by molar-refractivity contribution is -0.136. The number of nitrogens with one attached hydrogen (secondary N) is 1. The standard InChI is InChI=1S/C13H21NO2/c1-11(13(15)16-2)7-9-14-10-8-12-5-3-4-6-12/h5,7,14H,3-4,6,8-10H2,1-2H3. The number of carbonyl (C=O) groups excluding carboxylic acids is 1. The molecule has 0 unspecified atom stereocenters. The van der Waals surface area contributed by atoms with Crippen molar-refractivity contribution in [2.45, 2.75) is 32.6 Å². The SMILES string of the molecule is COC(=O)C(C)=CCNCCC1=CCCC1. The van der Waals surface area contributed by atoms with Crippen molar-refractivity contribution < 1.29 is 9.53 Å². The first-order valence-electron chi connectivity index (χ1n) is 5.87. The lowest BCUT2D eigenvalue weighted by Crippen LogP contribution is -2.16. The fourth-order valence-corrected chi connectivity index (χ4v) is 1.79. The zero-order valence-corrected chi connectivity index (χ0v) is 10.2. The summed E-state index contributed by atoms with van der Waals surface area (Å²) >= 11 is 0. The molecule has 0 amide bonds. The van der Waals surface area contributed by atoms with Gasteiger partial charge in [0.05, 0.1) is 7.11 Å². The Morgan fingerprint density at radius 3 is 3.06 bits per heavy atom. The van der Waals surface area contributed by atoms with E-state index in [1.807, 2.05) is 6.08 Å². The first-order valence-corrected chi connectivity index (χ1v) is 5.87. The van der Waals surface area contributed by atoms with Crippen LogP contribution in [0.15, 0.2) is 23.3 Å². The van der Waals surface area contributed by atoms with Crippen molar-refractivity contribution in [3.05, 3.63) is 23.3 Å². The van der Waals surface area contributed by atoms with E-state index in [0.717, 1.165) is 19.5 Å². The largest absolute Gasteiger partial charge is 0.466 e. The number of methoxy groups -OCH3 is 1. The Hall–Kier alpha value is -1.09. The van der Waals surface area contributed by atoms with Crippen LogP contribution in [0.4, 0.5) is 0 Å². The van der Waals surface area contributed by atoms with Crippen LogP contribution in [0.2, 0.25) is 0 Å². The monoisotopic (exact) mass is 223 g/mol. The van der Waals surface area contributed by atoms with E-state index in [1.165, 1.54) is 26.4 Å². The molecule has 0 saturated heterocycles. The number of hydrogen-bond acceptors (Lipinski definition) is 3. The molecule has 1 rings (SSSR count). The molecule has 3 heteroatoms. The van der Waals surface area contributed by atoms with E-state index >= 15 is 0 Å². The Kier molecular flexibility index (Phi) is 5.86. The van der Waals surface area contributed by atoms with Crippen LogP contribution >= 0.6 is 0 Å². The van der Waals surface area contributed by atoms with Crippen molar-refractivity contribution >= 4 is 5.97 Å². The Morgan fingerprint density at radius 2 is 2.44 bits per heavy atom. The van der Waals surface area contributed by atoms with Gasteiger partial charge in [0.15, 0.2) is 0 Å². The second kappa shape index (κ2) is 7.23. The van der Waals surface area contributed by atoms with Gasteiger partial charge in [-0.05, 0) is 39.2 Å². The molecular formula is C13H21NO2. The van der Waals surface area contributed by atoms with E-state index in [9.17, 15) is 4.79 Å². The van der Waals surface area contributed by atoms with Gasteiger partial charge in [0.2, 0.25) is 0 Å². The summed E-state index contributed by atoms with van der Waals surface area (Å²) in [6.45, 7) is 3.48. The van der Waals surface area contributed by atoms with Gasteiger partial charge in [0.25, 0.3) is 0 Å². The van der Waals surface area contributed by atoms with Gasteiger partial charge in [-0.2, -0.15) is 0 Å². The predicted octanol–water partition coefficient (Wildman–Crippen LogP) is 2.20. The molecule has 3 nitrogen and oxygen atoms in total. The molecular weight excluding hydrogens is 202 g/mol. The molecule has 1 aliphatic carbocycles. The van der Waals surface area contributed by atoms with E-state index < -0.39 is 0 Å². The first-order chi connectivity index (χ1) is 7.74. The van der Waals surface area contributed by atoms with E-state index in [4.69, 9.17) is 0 Å². The third-order valence-electron chi connectivity index (χ3n) is 2.82. The second-order valence-corrected chi connectivity index (χ2v) is 4.09. The fourth-order valence-electron chi connectivity index (χ4n) is 1.79. The summed E-state index contributed by atoms with van der Waals surface area (Å²) in [7, 11) is 1.40. The summed E-state index contributed by atoms with van der Waals surface area (Å²) in [5, 5.41) is 3.30. The van der Waals surface area contributed by atoms with Gasteiger partial charge < -0.3 is 10.1 Å². The second-order valence-electron chi connectivity index (χ2n) is 4.09. The number of rotatable bonds is 6. The number of allylic oxidation sites excluding steroid dienone is 1. The molecule has 0 aliphatic heterocycles. The zero-order chi connectivity index (χ0) is 11.8. The van der Waals surface area contributed by atoms with Crippen LogP contribution in [0.1, 0.15) is 32.6 Å². The van der Waals surface area contributed by atoms with Gasteiger partial charge >= 0.3 is 5.97 Å². The highest BCUT2D eigenvalue weighted by Gasteiger charge is 2.03. The van der Waals surface area contributed by atoms with Crippen molar-refractivity contribution in [2.24, 2.45) is 0 Å². The van der Waals surface area contributed by atoms with Gasteiger partial charge in [-0.25, -0.2) is 4.79 Å². The number of ether oxygens (including phenoxy) is 1. The molecule has 0 fully saturated rings. The van der Waals surface area contributed by atoms with E-state index in [-0.39, 0.29) is 5.97 Å². The average Bonchev–Trinajstić information content (AvgIpc) is 2.80. The third-order valence-corrected chi connectivity index (χ3v) is 2.82. The Bertz CT molecular complexity index is 292. The third kappa shape index (κ3) is 4.62. The molecule has 0 spiro atoms. The highest BCUT2D eigenvalue weighted by molar-refractivity contribution is 5.87. The van der Waals surface area contributed by atoms with Crippen molar-refractivity contribution in [1.82, 2.24) is 5.32 Å². The van der Waals surface area contributed by atoms with Crippen molar-refractivity contribution in [3.63, 3.8) is 0 Å². The van der Waals surface area contributed by atoms with Gasteiger partial charge in [-0.3, -0.25) is 0 Å². The average molecular weight is 223 g/mol. The minimum atomic E-state index is -0.250. The first kappa shape index (κ1) is 13.0. The van der Waals surface area contributed by atoms with Gasteiger partial charge in [-0.15, -0.1) is 0 Å². The zero-order valence-electron chi connectivity index (χ0n) is 10.2. The van der Waals surface area contributed by atoms with Crippen LogP contribution < -0.4 is 5.32 Å². The van der Waals surface area contributed by atoms with E-state index in [0.29, 0.717) is 5.57 Å². The highest BCUT2D eigenvalue weighted by atomic mass is 16.5. The number of hydrogen-bond donors (Lipinski definition) is 1. The summed E-state index contributed by atoms with van der Waals surface area (Å²) < 4.78 is 4.61. The molecule has 90 valence electrons. The van der Waals surface area contributed by atoms with Crippen LogP contribution in [0.5, 0.6) is 0 Å². The van der Waals surface area contributed by atoms with Crippen LogP contribution in [-0.2, 0) is 9.53 Å². The van der Waals surface area contributed by atoms with Crippen LogP contribution in [0.3, 0.4) is 0 Å². The normalized spacial score (nSPS) is 16.1. The fraction of sp³-hybridized carbons (Fsp3) is 0.615. The lowest BCUT2D eigenvalue weighted by Gasteiger charge is -2.03. The summed E-state index contributed by atoms with van der Waals surface area (Å²) in [6.07, 6.45) is 9.17. The summed E-state index contributed by atoms with van der Waals surface area (Å²) in [6, 6.07) is 0. The minimum absolute atomic E-state index is 0.250. The van der Waals surface area contributed by atoms with Gasteiger partial charge in [0.1, 0.15) is 0 Å². The number of carbonyl (C=O) groups is 1. The van der Waals surface area contributed by atoms with Crippen molar-refractivity contribution in [1.29, 1.82) is 0 Å². The lowest BCUT2D eigenvalue weighted by atomic mass is 10.2. The maximum atomic E-state index is 11.1. The summed E-state index contributed by atoms with van der Waals surface area (Å²) in [4.78, 5) is 11.1. The van der Waals surface area contributed by atoms with Crippen LogP contribution in [0.25, 0.3) is 0 Å². The maximum absolute atomic E-state index is 11.1. The van der Waals surface area contributed by atoms with Crippen molar-refractivity contribution in [3.8, 4) is 0 Å². The molecule has 1 aliphatic rings. The van der Waals surface area contributed by atoms with Crippen LogP contribution in [-0.4, -0.2) is 26.2 Å². The molecule has 0 atom stereocenters. The molecule has 16 heavy (non-hydrogen) atoms. The molecule has 1 N–H and O–H groups in total. The Morgan fingerprint density at radius 1 is 1.62 bits per heavy atom. The topological polar surface area (TPSA) is 38.3 Å². The van der Waals surface area contributed by atoms with Gasteiger partial charge in [-0.1, -0.05) is 17.7 Å². The molecule has 0 bridgehead atoms. The molecule has 0 heterocycles.